The molecule has 1 aromatic rings. The van der Waals surface area contributed by atoms with Gasteiger partial charge < -0.3 is 5.32 Å². The molecule has 1 unspecified atom stereocenters. The lowest BCUT2D eigenvalue weighted by atomic mass is 9.91. The number of aryl methyl sites for hydroxylation is 1. The van der Waals surface area contributed by atoms with E-state index >= 15 is 0 Å². The fourth-order valence-corrected chi connectivity index (χ4v) is 4.25. The summed E-state index contributed by atoms with van der Waals surface area (Å²) < 4.78 is 0. The van der Waals surface area contributed by atoms with Crippen LogP contribution in [0.1, 0.15) is 48.2 Å². The quantitative estimate of drug-likeness (QED) is 0.857. The SMILES string of the molecule is CCNCC1CCCc2sc(CSCC)nc21. The number of hydrogen-bond acceptors (Lipinski definition) is 4. The standard InChI is InChI=1S/C13H22N2S2/c1-3-14-8-10-6-5-7-11-13(10)15-12(17-11)9-16-4-2/h10,14H,3-9H2,1-2H3. The van der Waals surface area contributed by atoms with E-state index in [-0.39, 0.29) is 0 Å². The van der Waals surface area contributed by atoms with Crippen LogP contribution < -0.4 is 5.32 Å². The Balaban J connectivity index is 2.05. The molecule has 4 heteroatoms. The minimum absolute atomic E-state index is 0.662. The molecule has 1 aliphatic rings. The summed E-state index contributed by atoms with van der Waals surface area (Å²) in [5, 5.41) is 4.81. The van der Waals surface area contributed by atoms with Crippen molar-refractivity contribution < 1.29 is 0 Å². The molecule has 1 aliphatic carbocycles. The Morgan fingerprint density at radius 1 is 1.47 bits per heavy atom. The number of nitrogens with one attached hydrogen (secondary N) is 1. The summed E-state index contributed by atoms with van der Waals surface area (Å²) in [7, 11) is 0. The number of likely N-dealkylation sites (N-methyl/N-ethyl adjacent to an activating group) is 1. The first-order chi connectivity index (χ1) is 8.35. The van der Waals surface area contributed by atoms with Crippen LogP contribution in [0.4, 0.5) is 0 Å². The number of rotatable bonds is 6. The predicted octanol–water partition coefficient (Wildman–Crippen LogP) is 3.43. The molecule has 0 aliphatic heterocycles. The summed E-state index contributed by atoms with van der Waals surface area (Å²) in [6.07, 6.45) is 3.90. The maximum atomic E-state index is 4.88. The van der Waals surface area contributed by atoms with Gasteiger partial charge in [-0.1, -0.05) is 13.8 Å². The minimum Gasteiger partial charge on any atom is -0.316 e. The first-order valence-electron chi connectivity index (χ1n) is 6.62. The molecular formula is C13H22N2S2. The van der Waals surface area contributed by atoms with Gasteiger partial charge in [-0.3, -0.25) is 0 Å². The van der Waals surface area contributed by atoms with Crippen LogP contribution >= 0.6 is 23.1 Å². The molecule has 1 atom stereocenters. The highest BCUT2D eigenvalue weighted by Gasteiger charge is 2.24. The van der Waals surface area contributed by atoms with Crippen molar-refractivity contribution in [2.24, 2.45) is 0 Å². The monoisotopic (exact) mass is 270 g/mol. The lowest BCUT2D eigenvalue weighted by Crippen LogP contribution is -2.24. The van der Waals surface area contributed by atoms with Crippen molar-refractivity contribution in [1.29, 1.82) is 0 Å². The first kappa shape index (κ1) is 13.4. The van der Waals surface area contributed by atoms with Crippen molar-refractivity contribution in [3.63, 3.8) is 0 Å². The number of hydrogen-bond donors (Lipinski definition) is 1. The molecule has 0 saturated heterocycles. The molecule has 0 spiro atoms. The second kappa shape index (κ2) is 6.76. The van der Waals surface area contributed by atoms with Crippen LogP contribution in [0.25, 0.3) is 0 Å². The second-order valence-electron chi connectivity index (χ2n) is 4.45. The van der Waals surface area contributed by atoms with Gasteiger partial charge in [-0.05, 0) is 31.6 Å². The Kier molecular flexibility index (Phi) is 5.32. The fourth-order valence-electron chi connectivity index (χ4n) is 2.33. The summed E-state index contributed by atoms with van der Waals surface area (Å²) in [5.41, 5.74) is 1.41. The van der Waals surface area contributed by atoms with Crippen LogP contribution in [0.5, 0.6) is 0 Å². The van der Waals surface area contributed by atoms with Gasteiger partial charge >= 0.3 is 0 Å². The summed E-state index contributed by atoms with van der Waals surface area (Å²) in [6, 6.07) is 0. The van der Waals surface area contributed by atoms with Gasteiger partial charge in [0, 0.05) is 23.1 Å². The maximum Gasteiger partial charge on any atom is 0.103 e. The van der Waals surface area contributed by atoms with E-state index in [4.69, 9.17) is 4.98 Å². The Bertz CT molecular complexity index is 349. The van der Waals surface area contributed by atoms with E-state index < -0.39 is 0 Å². The van der Waals surface area contributed by atoms with Crippen LogP contribution in [0.2, 0.25) is 0 Å². The van der Waals surface area contributed by atoms with Crippen molar-refractivity contribution in [1.82, 2.24) is 10.3 Å². The van der Waals surface area contributed by atoms with Gasteiger partial charge in [-0.2, -0.15) is 11.8 Å². The zero-order chi connectivity index (χ0) is 12.1. The van der Waals surface area contributed by atoms with E-state index in [2.05, 4.69) is 19.2 Å². The largest absolute Gasteiger partial charge is 0.316 e. The average Bonchev–Trinajstić information content (AvgIpc) is 2.77. The molecule has 1 aromatic heterocycles. The predicted molar refractivity (Wildman–Crippen MR) is 78.2 cm³/mol. The van der Waals surface area contributed by atoms with E-state index in [1.807, 2.05) is 23.1 Å². The third-order valence-corrected chi connectivity index (χ3v) is 5.38. The topological polar surface area (TPSA) is 24.9 Å². The van der Waals surface area contributed by atoms with Gasteiger partial charge in [0.25, 0.3) is 0 Å². The van der Waals surface area contributed by atoms with Crippen LogP contribution in [0.3, 0.4) is 0 Å². The van der Waals surface area contributed by atoms with E-state index in [0.717, 1.165) is 18.8 Å². The molecule has 1 heterocycles. The number of nitrogens with zero attached hydrogens (tertiary/aromatic N) is 1. The normalized spacial score (nSPS) is 19.3. The van der Waals surface area contributed by atoms with E-state index in [1.54, 1.807) is 4.88 Å². The van der Waals surface area contributed by atoms with Gasteiger partial charge in [-0.25, -0.2) is 4.98 Å². The Labute approximate surface area is 113 Å². The fraction of sp³-hybridized carbons (Fsp3) is 0.769. The van der Waals surface area contributed by atoms with Crippen molar-refractivity contribution in [3.05, 3.63) is 15.6 Å². The highest BCUT2D eigenvalue weighted by molar-refractivity contribution is 7.98. The molecule has 0 fully saturated rings. The number of aromatic nitrogens is 1. The van der Waals surface area contributed by atoms with Crippen molar-refractivity contribution in [2.75, 3.05) is 18.8 Å². The van der Waals surface area contributed by atoms with E-state index in [9.17, 15) is 0 Å². The van der Waals surface area contributed by atoms with Crippen LogP contribution in [0.15, 0.2) is 0 Å². The van der Waals surface area contributed by atoms with Crippen LogP contribution in [-0.4, -0.2) is 23.8 Å². The average molecular weight is 270 g/mol. The van der Waals surface area contributed by atoms with Gasteiger partial charge in [0.2, 0.25) is 0 Å². The molecule has 0 bridgehead atoms. The van der Waals surface area contributed by atoms with Crippen molar-refractivity contribution in [2.45, 2.75) is 44.8 Å². The molecule has 2 rings (SSSR count). The Hall–Kier alpha value is -0.0600. The van der Waals surface area contributed by atoms with Gasteiger partial charge in [0.1, 0.15) is 5.01 Å². The lowest BCUT2D eigenvalue weighted by molar-refractivity contribution is 0.508. The van der Waals surface area contributed by atoms with E-state index in [1.165, 1.54) is 35.7 Å². The van der Waals surface area contributed by atoms with Gasteiger partial charge in [-0.15, -0.1) is 11.3 Å². The number of fused-ring (bicyclic) bond motifs is 1. The van der Waals surface area contributed by atoms with Crippen molar-refractivity contribution in [3.8, 4) is 0 Å². The Morgan fingerprint density at radius 2 is 2.35 bits per heavy atom. The summed E-state index contributed by atoms with van der Waals surface area (Å²) in [4.78, 5) is 6.44. The van der Waals surface area contributed by atoms with Crippen molar-refractivity contribution >= 4 is 23.1 Å². The summed E-state index contributed by atoms with van der Waals surface area (Å²) in [6.45, 7) is 6.56. The molecule has 0 aromatic carbocycles. The lowest BCUT2D eigenvalue weighted by Gasteiger charge is -2.21. The minimum atomic E-state index is 0.662. The molecule has 2 nitrogen and oxygen atoms in total. The second-order valence-corrected chi connectivity index (χ2v) is 6.89. The highest BCUT2D eigenvalue weighted by atomic mass is 32.2. The number of thiazole rings is 1. The third-order valence-electron chi connectivity index (χ3n) is 3.19. The molecule has 1 N–H and O–H groups in total. The summed E-state index contributed by atoms with van der Waals surface area (Å²) >= 11 is 3.93. The van der Waals surface area contributed by atoms with E-state index in [0.29, 0.717) is 5.92 Å². The first-order valence-corrected chi connectivity index (χ1v) is 8.59. The smallest absolute Gasteiger partial charge is 0.103 e. The zero-order valence-electron chi connectivity index (χ0n) is 10.8. The van der Waals surface area contributed by atoms with Gasteiger partial charge in [0.15, 0.2) is 0 Å². The molecule has 17 heavy (non-hydrogen) atoms. The molecule has 0 radical (unpaired) electrons. The summed E-state index contributed by atoms with van der Waals surface area (Å²) in [5.74, 6) is 2.95. The third kappa shape index (κ3) is 3.46. The Morgan fingerprint density at radius 3 is 3.12 bits per heavy atom. The molecule has 96 valence electrons. The highest BCUT2D eigenvalue weighted by Crippen LogP contribution is 2.35. The maximum absolute atomic E-state index is 4.88. The van der Waals surface area contributed by atoms with Crippen LogP contribution in [0, 0.1) is 0 Å². The molecular weight excluding hydrogens is 248 g/mol. The zero-order valence-corrected chi connectivity index (χ0v) is 12.4. The van der Waals surface area contributed by atoms with Gasteiger partial charge in [0.05, 0.1) is 5.69 Å². The molecule has 0 amide bonds. The molecule has 0 saturated carbocycles. The van der Waals surface area contributed by atoms with Crippen LogP contribution in [-0.2, 0) is 12.2 Å². The number of thioether (sulfide) groups is 1.